The maximum atomic E-state index is 13.6. The van der Waals surface area contributed by atoms with Crippen molar-refractivity contribution in [3.05, 3.63) is 76.6 Å². The summed E-state index contributed by atoms with van der Waals surface area (Å²) < 4.78 is 11.0. The minimum atomic E-state index is -1.03. The smallest absolute Gasteiger partial charge is 0.252 e. The molecule has 9 nitrogen and oxygen atoms in total. The minimum Gasteiger partial charge on any atom is -0.457 e. The molecule has 0 saturated carbocycles. The lowest BCUT2D eigenvalue weighted by Gasteiger charge is -2.35. The van der Waals surface area contributed by atoms with Crippen molar-refractivity contribution in [3.8, 4) is 17.6 Å². The molecule has 36 heavy (non-hydrogen) atoms. The van der Waals surface area contributed by atoms with E-state index < -0.39 is 5.54 Å². The molecule has 4 aromatic rings. The number of ketones is 1. The molecule has 2 aromatic carbocycles. The Labute approximate surface area is 211 Å². The number of carbonyl (C=O) groups is 2. The van der Waals surface area contributed by atoms with Crippen LogP contribution in [-0.4, -0.2) is 40.9 Å². The highest BCUT2D eigenvalue weighted by Gasteiger charge is 2.39. The third kappa shape index (κ3) is 4.02. The average molecular weight is 502 g/mol. The van der Waals surface area contributed by atoms with Crippen LogP contribution in [0.1, 0.15) is 28.4 Å². The van der Waals surface area contributed by atoms with Crippen LogP contribution >= 0.6 is 11.6 Å². The molecule has 0 fully saturated rings. The number of carbonyl (C=O) groups excluding carboxylic acids is 2. The summed E-state index contributed by atoms with van der Waals surface area (Å²) in [5.74, 6) is 0.307. The number of anilines is 2. The normalized spacial score (nSPS) is 16.6. The number of nitrogens with zero attached hydrogens (tertiary/aromatic N) is 2. The zero-order valence-corrected chi connectivity index (χ0v) is 20.1. The molecule has 1 aliphatic rings. The van der Waals surface area contributed by atoms with E-state index in [1.165, 1.54) is 13.3 Å². The number of methoxy groups -OCH3 is 1. The molecule has 0 radical (unpaired) electrons. The Morgan fingerprint density at radius 2 is 2.00 bits per heavy atom. The van der Waals surface area contributed by atoms with E-state index in [0.717, 1.165) is 0 Å². The van der Waals surface area contributed by atoms with Crippen LogP contribution in [0, 0.1) is 11.3 Å². The Morgan fingerprint density at radius 1 is 1.19 bits per heavy atom. The van der Waals surface area contributed by atoms with E-state index in [2.05, 4.69) is 26.7 Å². The first-order chi connectivity index (χ1) is 17.3. The number of H-pyrrole nitrogens is 1. The van der Waals surface area contributed by atoms with Crippen LogP contribution < -0.4 is 15.4 Å². The molecular weight excluding hydrogens is 482 g/mol. The van der Waals surface area contributed by atoms with Gasteiger partial charge in [-0.05, 0) is 37.3 Å². The van der Waals surface area contributed by atoms with Crippen molar-refractivity contribution in [2.45, 2.75) is 12.5 Å². The zero-order chi connectivity index (χ0) is 25.4. The highest BCUT2D eigenvalue weighted by atomic mass is 35.5. The van der Waals surface area contributed by atoms with Gasteiger partial charge in [0.05, 0.1) is 51.8 Å². The van der Waals surface area contributed by atoms with Gasteiger partial charge in [0.15, 0.2) is 5.78 Å². The molecule has 3 heterocycles. The van der Waals surface area contributed by atoms with E-state index in [-0.39, 0.29) is 28.9 Å². The van der Waals surface area contributed by atoms with Crippen LogP contribution in [0.15, 0.2) is 54.9 Å². The Morgan fingerprint density at radius 3 is 2.75 bits per heavy atom. The summed E-state index contributed by atoms with van der Waals surface area (Å²) in [5, 5.41) is 15.9. The van der Waals surface area contributed by atoms with Crippen LogP contribution in [0.25, 0.3) is 11.0 Å². The number of ether oxygens (including phenoxy) is 2. The summed E-state index contributed by atoms with van der Waals surface area (Å²) >= 11 is 6.50. The second kappa shape index (κ2) is 9.00. The zero-order valence-electron chi connectivity index (χ0n) is 19.3. The van der Waals surface area contributed by atoms with E-state index in [0.29, 0.717) is 45.0 Å². The number of amides is 1. The van der Waals surface area contributed by atoms with Crippen molar-refractivity contribution in [1.29, 1.82) is 5.26 Å². The van der Waals surface area contributed by atoms with Gasteiger partial charge in [0.25, 0.3) is 5.91 Å². The molecule has 0 bridgehead atoms. The van der Waals surface area contributed by atoms with Crippen molar-refractivity contribution in [1.82, 2.24) is 9.97 Å². The summed E-state index contributed by atoms with van der Waals surface area (Å²) in [6.07, 6.45) is 3.10. The minimum absolute atomic E-state index is 0.125. The summed E-state index contributed by atoms with van der Waals surface area (Å²) in [5.41, 5.74) is 1.55. The fourth-order valence-corrected chi connectivity index (χ4v) is 4.39. The predicted molar refractivity (Wildman–Crippen MR) is 135 cm³/mol. The number of rotatable bonds is 6. The molecule has 0 unspecified atom stereocenters. The molecule has 3 N–H and O–H groups in total. The number of benzene rings is 2. The first-order valence-electron chi connectivity index (χ1n) is 10.9. The monoisotopic (exact) mass is 501 g/mol. The molecule has 10 heteroatoms. The molecule has 1 aliphatic heterocycles. The Kier molecular flexibility index (Phi) is 5.84. The molecule has 0 aliphatic carbocycles. The van der Waals surface area contributed by atoms with Gasteiger partial charge in [-0.3, -0.25) is 9.59 Å². The predicted octanol–water partition coefficient (Wildman–Crippen LogP) is 4.88. The summed E-state index contributed by atoms with van der Waals surface area (Å²) in [6.45, 7) is 1.84. The van der Waals surface area contributed by atoms with Crippen LogP contribution in [-0.2, 0) is 9.53 Å². The van der Waals surface area contributed by atoms with Crippen LogP contribution in [0.3, 0.4) is 0 Å². The maximum absolute atomic E-state index is 13.6. The molecule has 0 saturated heterocycles. The number of fused-ring (bicyclic) bond motifs is 3. The van der Waals surface area contributed by atoms with Gasteiger partial charge in [-0.1, -0.05) is 17.7 Å². The Bertz CT molecular complexity index is 1570. The quantitative estimate of drug-likeness (QED) is 0.321. The molecule has 180 valence electrons. The lowest BCUT2D eigenvalue weighted by molar-refractivity contribution is -0.121. The van der Waals surface area contributed by atoms with E-state index >= 15 is 0 Å². The summed E-state index contributed by atoms with van der Waals surface area (Å²) in [7, 11) is 1.51. The number of pyridine rings is 1. The van der Waals surface area contributed by atoms with Gasteiger partial charge < -0.3 is 25.1 Å². The van der Waals surface area contributed by atoms with Gasteiger partial charge >= 0.3 is 0 Å². The van der Waals surface area contributed by atoms with Gasteiger partial charge in [-0.2, -0.15) is 5.26 Å². The van der Waals surface area contributed by atoms with Crippen molar-refractivity contribution < 1.29 is 19.1 Å². The number of aromatic amines is 1. The molecule has 1 atom stereocenters. The van der Waals surface area contributed by atoms with E-state index in [1.807, 2.05) is 0 Å². The van der Waals surface area contributed by atoms with Crippen LogP contribution in [0.4, 0.5) is 11.4 Å². The number of nitrogens with one attached hydrogen (secondary N) is 3. The average Bonchev–Trinajstić information content (AvgIpc) is 3.30. The molecule has 1 amide bonds. The number of hydrogen-bond acceptors (Lipinski definition) is 7. The van der Waals surface area contributed by atoms with Crippen molar-refractivity contribution >= 4 is 45.7 Å². The number of halogens is 1. The fourth-order valence-electron chi connectivity index (χ4n) is 4.14. The number of aromatic nitrogens is 2. The van der Waals surface area contributed by atoms with Crippen molar-refractivity contribution in [2.75, 3.05) is 24.4 Å². The Balaban J connectivity index is 1.50. The lowest BCUT2D eigenvalue weighted by atomic mass is 9.96. The van der Waals surface area contributed by atoms with E-state index in [4.69, 9.17) is 26.3 Å². The van der Waals surface area contributed by atoms with Crippen LogP contribution in [0.2, 0.25) is 5.02 Å². The second-order valence-corrected chi connectivity index (χ2v) is 8.94. The fraction of sp³-hybridized carbons (Fsp3) is 0.154. The van der Waals surface area contributed by atoms with E-state index in [9.17, 15) is 9.59 Å². The first-order valence-corrected chi connectivity index (χ1v) is 11.3. The van der Waals surface area contributed by atoms with Crippen LogP contribution in [0.5, 0.6) is 11.5 Å². The SMILES string of the molecule is COC[C@]1(C)Nc2c(cnc3[nH]cc(C(=O)c4ccc(Oc5cccc(C#N)c5)cc4Cl)c23)NC1=O. The highest BCUT2D eigenvalue weighted by Crippen LogP contribution is 2.39. The molecule has 2 aromatic heterocycles. The van der Waals surface area contributed by atoms with Gasteiger partial charge in [0.2, 0.25) is 0 Å². The van der Waals surface area contributed by atoms with Crippen molar-refractivity contribution in [2.24, 2.45) is 0 Å². The number of hydrogen-bond donors (Lipinski definition) is 3. The maximum Gasteiger partial charge on any atom is 0.252 e. The van der Waals surface area contributed by atoms with Gasteiger partial charge in [-0.25, -0.2) is 4.98 Å². The van der Waals surface area contributed by atoms with Crippen molar-refractivity contribution in [3.63, 3.8) is 0 Å². The van der Waals surface area contributed by atoms with Gasteiger partial charge in [0, 0.05) is 24.9 Å². The number of nitriles is 1. The standard InChI is InChI=1S/C26H20ClN5O4/c1-26(13-35-2)25(34)31-20-12-30-24-21(22(20)32-26)18(11-29-24)23(33)17-7-6-16(9-19(17)27)36-15-5-3-4-14(8-15)10-28/h3-9,11-12,32H,13H2,1-2H3,(H,29,30)(H,31,34)/t26-/m0/s1. The highest BCUT2D eigenvalue weighted by molar-refractivity contribution is 6.36. The summed E-state index contributed by atoms with van der Waals surface area (Å²) in [4.78, 5) is 33.6. The topological polar surface area (TPSA) is 129 Å². The first kappa shape index (κ1) is 23.4. The Hall–Kier alpha value is -4.39. The van der Waals surface area contributed by atoms with Gasteiger partial charge in [0.1, 0.15) is 22.7 Å². The summed E-state index contributed by atoms with van der Waals surface area (Å²) in [6, 6.07) is 13.5. The second-order valence-electron chi connectivity index (χ2n) is 8.53. The third-order valence-corrected chi connectivity index (χ3v) is 6.23. The van der Waals surface area contributed by atoms with E-state index in [1.54, 1.807) is 55.6 Å². The largest absolute Gasteiger partial charge is 0.457 e. The molecule has 0 spiro atoms. The third-order valence-electron chi connectivity index (χ3n) is 5.91. The van der Waals surface area contributed by atoms with Gasteiger partial charge in [-0.15, -0.1) is 0 Å². The molecule has 5 rings (SSSR count). The molecular formula is C26H20ClN5O4. The lowest BCUT2D eigenvalue weighted by Crippen LogP contribution is -2.53.